The number of amides is 2. The summed E-state index contributed by atoms with van der Waals surface area (Å²) >= 11 is 5.64. The maximum absolute atomic E-state index is 13.1. The highest BCUT2D eigenvalue weighted by Crippen LogP contribution is 2.29. The van der Waals surface area contributed by atoms with E-state index in [-0.39, 0.29) is 34.8 Å². The summed E-state index contributed by atoms with van der Waals surface area (Å²) < 4.78 is 13.1. The Bertz CT molecular complexity index is 631. The molecule has 1 fully saturated rings. The van der Waals surface area contributed by atoms with Crippen molar-refractivity contribution in [3.8, 4) is 5.75 Å². The smallest absolute Gasteiger partial charge is 0.246 e. The summed E-state index contributed by atoms with van der Waals surface area (Å²) in [5, 5.41) is 12.2. The summed E-state index contributed by atoms with van der Waals surface area (Å²) in [4.78, 5) is 26.8. The molecule has 0 unspecified atom stereocenters. The number of carbonyl (C=O) groups is 2. The predicted molar refractivity (Wildman–Crippen MR) is 84.9 cm³/mol. The number of aromatic hydroxyl groups is 1. The number of phenolic OH excluding ortho intramolecular Hbond substituents is 1. The van der Waals surface area contributed by atoms with E-state index < -0.39 is 5.82 Å². The third-order valence-electron chi connectivity index (χ3n) is 3.59. The second-order valence-electron chi connectivity index (χ2n) is 5.05. The molecular weight excluding hydrogens is 325 g/mol. The van der Waals surface area contributed by atoms with Crippen molar-refractivity contribution in [2.24, 2.45) is 0 Å². The highest BCUT2D eigenvalue weighted by atomic mass is 35.5. The van der Waals surface area contributed by atoms with Crippen LogP contribution in [0.4, 0.5) is 10.1 Å². The average Bonchev–Trinajstić information content (AvgIpc) is 2.56. The molecule has 1 aliphatic rings. The first-order valence-corrected chi connectivity index (χ1v) is 7.41. The Labute approximate surface area is 138 Å². The molecule has 1 saturated heterocycles. The van der Waals surface area contributed by atoms with Crippen molar-refractivity contribution in [2.75, 3.05) is 38.0 Å². The van der Waals surface area contributed by atoms with Crippen LogP contribution in [0.3, 0.4) is 0 Å². The molecule has 2 N–H and O–H groups in total. The van der Waals surface area contributed by atoms with Crippen molar-refractivity contribution in [3.63, 3.8) is 0 Å². The Morgan fingerprint density at radius 1 is 1.30 bits per heavy atom. The summed E-state index contributed by atoms with van der Waals surface area (Å²) in [6.07, 6.45) is 1.25. The number of rotatable bonds is 4. The van der Waals surface area contributed by atoms with Crippen molar-refractivity contribution < 1.29 is 19.1 Å². The van der Waals surface area contributed by atoms with E-state index in [0.717, 1.165) is 6.07 Å². The van der Waals surface area contributed by atoms with E-state index in [0.29, 0.717) is 26.2 Å². The molecule has 0 spiro atoms. The normalized spacial score (nSPS) is 14.5. The van der Waals surface area contributed by atoms with Crippen LogP contribution in [0.25, 0.3) is 0 Å². The molecule has 1 aliphatic heterocycles. The lowest BCUT2D eigenvalue weighted by Crippen LogP contribution is -2.51. The van der Waals surface area contributed by atoms with E-state index >= 15 is 0 Å². The number of hydrogen-bond acceptors (Lipinski definition) is 4. The number of hydrogen-bond donors (Lipinski definition) is 2. The molecule has 0 saturated carbocycles. The number of nitrogens with zero attached hydrogens (tertiary/aromatic N) is 2. The van der Waals surface area contributed by atoms with Crippen LogP contribution in [0.2, 0.25) is 5.02 Å². The Morgan fingerprint density at radius 3 is 2.52 bits per heavy atom. The van der Waals surface area contributed by atoms with Crippen LogP contribution in [0.1, 0.15) is 0 Å². The zero-order valence-corrected chi connectivity index (χ0v) is 13.1. The first-order valence-electron chi connectivity index (χ1n) is 7.03. The minimum absolute atomic E-state index is 0.0646. The molecule has 8 heteroatoms. The fourth-order valence-corrected chi connectivity index (χ4v) is 2.43. The van der Waals surface area contributed by atoms with Crippen molar-refractivity contribution in [2.45, 2.75) is 0 Å². The van der Waals surface area contributed by atoms with Crippen LogP contribution < -0.4 is 5.32 Å². The van der Waals surface area contributed by atoms with E-state index in [1.807, 2.05) is 0 Å². The number of piperazine rings is 1. The first-order chi connectivity index (χ1) is 10.9. The summed E-state index contributed by atoms with van der Waals surface area (Å²) in [5.74, 6) is -1.39. The van der Waals surface area contributed by atoms with E-state index in [9.17, 15) is 19.1 Å². The Hall–Kier alpha value is -2.28. The number of anilines is 1. The lowest BCUT2D eigenvalue weighted by molar-refractivity contribution is -0.135. The van der Waals surface area contributed by atoms with Gasteiger partial charge in [0.05, 0.1) is 17.3 Å². The molecule has 1 heterocycles. The van der Waals surface area contributed by atoms with Gasteiger partial charge in [0.1, 0.15) is 11.6 Å². The Balaban J connectivity index is 1.88. The van der Waals surface area contributed by atoms with Crippen LogP contribution in [-0.2, 0) is 9.59 Å². The second kappa shape index (κ2) is 7.32. The molecule has 23 heavy (non-hydrogen) atoms. The highest BCUT2D eigenvalue weighted by molar-refractivity contribution is 6.31. The van der Waals surface area contributed by atoms with Crippen LogP contribution in [0.15, 0.2) is 24.8 Å². The van der Waals surface area contributed by atoms with E-state index in [1.165, 1.54) is 12.1 Å². The van der Waals surface area contributed by atoms with Gasteiger partial charge in [-0.05, 0) is 12.1 Å². The van der Waals surface area contributed by atoms with E-state index in [1.54, 1.807) is 9.80 Å². The minimum Gasteiger partial charge on any atom is -0.506 e. The van der Waals surface area contributed by atoms with Gasteiger partial charge in [-0.2, -0.15) is 0 Å². The number of halogens is 2. The molecule has 6 nitrogen and oxygen atoms in total. The summed E-state index contributed by atoms with van der Waals surface area (Å²) in [5.41, 5.74) is 0.185. The molecule has 2 amide bonds. The van der Waals surface area contributed by atoms with Gasteiger partial charge in [-0.1, -0.05) is 18.2 Å². The molecule has 2 rings (SSSR count). The zero-order chi connectivity index (χ0) is 17.0. The SMILES string of the molecule is C=CC(=O)N1CCN(C(=O)CNc2cc(Cl)c(F)cc2O)CC1. The van der Waals surface area contributed by atoms with Gasteiger partial charge in [0.2, 0.25) is 11.8 Å². The van der Waals surface area contributed by atoms with Gasteiger partial charge >= 0.3 is 0 Å². The van der Waals surface area contributed by atoms with Gasteiger partial charge in [-0.15, -0.1) is 0 Å². The van der Waals surface area contributed by atoms with Gasteiger partial charge in [0.25, 0.3) is 0 Å². The summed E-state index contributed by atoms with van der Waals surface area (Å²) in [7, 11) is 0. The third kappa shape index (κ3) is 4.13. The molecule has 0 aliphatic carbocycles. The van der Waals surface area contributed by atoms with Crippen molar-refractivity contribution >= 4 is 29.1 Å². The average molecular weight is 342 g/mol. The molecule has 1 aromatic rings. The van der Waals surface area contributed by atoms with Gasteiger partial charge in [-0.3, -0.25) is 9.59 Å². The van der Waals surface area contributed by atoms with Crippen LogP contribution >= 0.6 is 11.6 Å². The molecule has 1 aromatic carbocycles. The third-order valence-corrected chi connectivity index (χ3v) is 3.88. The highest BCUT2D eigenvalue weighted by Gasteiger charge is 2.22. The summed E-state index contributed by atoms with van der Waals surface area (Å²) in [6.45, 7) is 5.12. The predicted octanol–water partition coefficient (Wildman–Crippen LogP) is 1.45. The quantitative estimate of drug-likeness (QED) is 0.642. The number of benzene rings is 1. The van der Waals surface area contributed by atoms with Crippen LogP contribution in [0, 0.1) is 5.82 Å². The number of carbonyl (C=O) groups excluding carboxylic acids is 2. The monoisotopic (exact) mass is 341 g/mol. The molecule has 0 atom stereocenters. The lowest BCUT2D eigenvalue weighted by Gasteiger charge is -2.34. The standard InChI is InChI=1S/C15H17ClFN3O3/c1-2-14(22)19-3-5-20(6-4-19)15(23)9-18-12-7-10(16)11(17)8-13(12)21/h2,7-8,18,21H,1,3-6,9H2. The second-order valence-corrected chi connectivity index (χ2v) is 5.45. The number of nitrogens with one attached hydrogen (secondary N) is 1. The molecule has 0 bridgehead atoms. The van der Waals surface area contributed by atoms with Crippen LogP contribution in [0.5, 0.6) is 5.75 Å². The molecule has 0 aromatic heterocycles. The van der Waals surface area contributed by atoms with Crippen molar-refractivity contribution in [1.29, 1.82) is 0 Å². The number of phenols is 1. The molecule has 0 radical (unpaired) electrons. The van der Waals surface area contributed by atoms with Crippen LogP contribution in [-0.4, -0.2) is 59.4 Å². The van der Waals surface area contributed by atoms with Crippen molar-refractivity contribution in [3.05, 3.63) is 35.6 Å². The topological polar surface area (TPSA) is 72.9 Å². The largest absolute Gasteiger partial charge is 0.506 e. The fraction of sp³-hybridized carbons (Fsp3) is 0.333. The first kappa shape index (κ1) is 17.1. The maximum atomic E-state index is 13.1. The molecule has 124 valence electrons. The Morgan fingerprint density at radius 2 is 1.91 bits per heavy atom. The zero-order valence-electron chi connectivity index (χ0n) is 12.4. The van der Waals surface area contributed by atoms with Gasteiger partial charge < -0.3 is 20.2 Å². The van der Waals surface area contributed by atoms with Gasteiger partial charge in [0.15, 0.2) is 0 Å². The van der Waals surface area contributed by atoms with Crippen molar-refractivity contribution in [1.82, 2.24) is 9.80 Å². The molecular formula is C15H17ClFN3O3. The Kier molecular flexibility index (Phi) is 5.44. The summed E-state index contributed by atoms with van der Waals surface area (Å²) in [6, 6.07) is 2.11. The van der Waals surface area contributed by atoms with Gasteiger partial charge in [0, 0.05) is 32.2 Å². The lowest BCUT2D eigenvalue weighted by atomic mass is 10.2. The fourth-order valence-electron chi connectivity index (χ4n) is 2.27. The van der Waals surface area contributed by atoms with Gasteiger partial charge in [-0.25, -0.2) is 4.39 Å². The maximum Gasteiger partial charge on any atom is 0.246 e. The van der Waals surface area contributed by atoms with E-state index in [4.69, 9.17) is 11.6 Å². The minimum atomic E-state index is -0.732. The van der Waals surface area contributed by atoms with E-state index in [2.05, 4.69) is 11.9 Å².